The van der Waals surface area contributed by atoms with E-state index >= 15 is 0 Å². The zero-order valence-electron chi connectivity index (χ0n) is 14.9. The topological polar surface area (TPSA) is 70.1 Å². The number of ether oxygens (including phenoxy) is 1. The van der Waals surface area contributed by atoms with Gasteiger partial charge in [-0.3, -0.25) is 0 Å². The fraction of sp³-hybridized carbons (Fsp3) is 0.200. The Labute approximate surface area is 167 Å². The van der Waals surface area contributed by atoms with Gasteiger partial charge in [-0.1, -0.05) is 66.5 Å². The molecule has 0 spiro atoms. The van der Waals surface area contributed by atoms with Crippen molar-refractivity contribution < 1.29 is 9.53 Å². The second-order valence-corrected chi connectivity index (χ2v) is 6.81. The third-order valence-electron chi connectivity index (χ3n) is 4.39. The quantitative estimate of drug-likeness (QED) is 0.592. The molecule has 7 heteroatoms. The first-order chi connectivity index (χ1) is 13.0. The summed E-state index contributed by atoms with van der Waals surface area (Å²) in [6.45, 7) is 2.03. The number of nitrogens with two attached hydrogens (primary N) is 1. The molecule has 0 fully saturated rings. The van der Waals surface area contributed by atoms with Crippen LogP contribution in [0.15, 0.2) is 48.5 Å². The maximum absolute atomic E-state index is 12.3. The lowest BCUT2D eigenvalue weighted by Gasteiger charge is -2.22. The predicted molar refractivity (Wildman–Crippen MR) is 108 cm³/mol. The van der Waals surface area contributed by atoms with E-state index in [4.69, 9.17) is 33.7 Å². The number of aromatic nitrogens is 2. The Morgan fingerprint density at radius 1 is 1.19 bits per heavy atom. The van der Waals surface area contributed by atoms with E-state index in [-0.39, 0.29) is 17.7 Å². The first-order valence-electron chi connectivity index (χ1n) is 8.44. The van der Waals surface area contributed by atoms with E-state index in [1.54, 1.807) is 6.07 Å². The monoisotopic (exact) mass is 403 g/mol. The Kier molecular flexibility index (Phi) is 5.73. The number of hydrogen-bond acceptors (Lipinski definition) is 4. The molecule has 1 unspecified atom stereocenters. The first-order valence-corrected chi connectivity index (χ1v) is 9.19. The largest absolute Gasteiger partial charge is 0.464 e. The lowest BCUT2D eigenvalue weighted by Crippen LogP contribution is -2.14. The molecule has 2 N–H and O–H groups in total. The molecule has 0 bridgehead atoms. The number of anilines is 1. The average molecular weight is 404 g/mol. The van der Waals surface area contributed by atoms with Crippen molar-refractivity contribution in [2.75, 3.05) is 12.8 Å². The Morgan fingerprint density at radius 2 is 1.89 bits per heavy atom. The Morgan fingerprint density at radius 3 is 2.48 bits per heavy atom. The number of benzene rings is 2. The minimum atomic E-state index is -0.539. The second-order valence-electron chi connectivity index (χ2n) is 5.99. The molecule has 3 aromatic rings. The highest BCUT2D eigenvalue weighted by molar-refractivity contribution is 6.42. The standard InChI is InChI=1S/C20H19Cl2N3O2/c1-3-16(13-9-10-14(21)15(22)11-13)25-18(12-7-5-4-6-8-12)17(19(26)27-2)24-20(25)23/h4-11,16H,3H2,1-2H3,(H2,23,24). The smallest absolute Gasteiger partial charge is 0.359 e. The van der Waals surface area contributed by atoms with Crippen molar-refractivity contribution in [2.24, 2.45) is 0 Å². The zero-order chi connectivity index (χ0) is 19.6. The minimum absolute atomic E-state index is 0.180. The van der Waals surface area contributed by atoms with Crippen LogP contribution >= 0.6 is 23.2 Å². The van der Waals surface area contributed by atoms with Crippen LogP contribution in [0.2, 0.25) is 10.0 Å². The number of nitrogens with zero attached hydrogens (tertiary/aromatic N) is 2. The van der Waals surface area contributed by atoms with Gasteiger partial charge in [0.15, 0.2) is 5.69 Å². The molecule has 0 saturated carbocycles. The van der Waals surface area contributed by atoms with Gasteiger partial charge < -0.3 is 15.0 Å². The van der Waals surface area contributed by atoms with Crippen molar-refractivity contribution in [3.8, 4) is 11.3 Å². The molecule has 1 heterocycles. The maximum atomic E-state index is 12.3. The van der Waals surface area contributed by atoms with Crippen LogP contribution in [0.5, 0.6) is 0 Å². The molecule has 0 radical (unpaired) electrons. The molecule has 1 atom stereocenters. The highest BCUT2D eigenvalue weighted by Crippen LogP contribution is 2.36. The molecule has 0 aliphatic carbocycles. The first kappa shape index (κ1) is 19.3. The minimum Gasteiger partial charge on any atom is -0.464 e. The summed E-state index contributed by atoms with van der Waals surface area (Å²) in [5.74, 6) is -0.310. The molecule has 1 aromatic heterocycles. The van der Waals surface area contributed by atoms with Crippen molar-refractivity contribution in [1.82, 2.24) is 9.55 Å². The Balaban J connectivity index is 2.25. The van der Waals surface area contributed by atoms with Crippen LogP contribution in [0.25, 0.3) is 11.3 Å². The molecular weight excluding hydrogens is 385 g/mol. The number of hydrogen-bond donors (Lipinski definition) is 1. The highest BCUT2D eigenvalue weighted by Gasteiger charge is 2.27. The molecule has 0 aliphatic rings. The molecule has 0 saturated heterocycles. The molecule has 2 aromatic carbocycles. The van der Waals surface area contributed by atoms with Gasteiger partial charge in [0.1, 0.15) is 0 Å². The fourth-order valence-corrected chi connectivity index (χ4v) is 3.47. The van der Waals surface area contributed by atoms with Crippen LogP contribution in [0.4, 0.5) is 5.95 Å². The van der Waals surface area contributed by atoms with Gasteiger partial charge in [-0.25, -0.2) is 9.78 Å². The van der Waals surface area contributed by atoms with Gasteiger partial charge in [0.05, 0.1) is 28.9 Å². The number of carbonyl (C=O) groups excluding carboxylic acids is 1. The number of rotatable bonds is 5. The van der Waals surface area contributed by atoms with Gasteiger partial charge in [0, 0.05) is 5.56 Å². The number of imidazole rings is 1. The second kappa shape index (κ2) is 8.03. The van der Waals surface area contributed by atoms with E-state index in [0.717, 1.165) is 11.1 Å². The van der Waals surface area contributed by atoms with Crippen molar-refractivity contribution in [3.05, 3.63) is 69.8 Å². The van der Waals surface area contributed by atoms with Crippen molar-refractivity contribution in [2.45, 2.75) is 19.4 Å². The Bertz CT molecular complexity index is 971. The van der Waals surface area contributed by atoms with Gasteiger partial charge in [-0.15, -0.1) is 0 Å². The lowest BCUT2D eigenvalue weighted by atomic mass is 10.0. The van der Waals surface area contributed by atoms with Gasteiger partial charge in [0.2, 0.25) is 5.95 Å². The highest BCUT2D eigenvalue weighted by atomic mass is 35.5. The van der Waals surface area contributed by atoms with E-state index in [1.165, 1.54) is 7.11 Å². The third kappa shape index (κ3) is 3.66. The summed E-state index contributed by atoms with van der Waals surface area (Å²) in [5, 5.41) is 0.938. The Hall–Kier alpha value is -2.50. The summed E-state index contributed by atoms with van der Waals surface area (Å²) in [4.78, 5) is 16.6. The van der Waals surface area contributed by atoms with Gasteiger partial charge in [-0.2, -0.15) is 0 Å². The maximum Gasteiger partial charge on any atom is 0.359 e. The SMILES string of the molecule is CCC(c1ccc(Cl)c(Cl)c1)n1c(N)nc(C(=O)OC)c1-c1ccccc1. The molecule has 0 aliphatic heterocycles. The van der Waals surface area contributed by atoms with Crippen LogP contribution in [0.3, 0.4) is 0 Å². The van der Waals surface area contributed by atoms with Crippen LogP contribution in [-0.4, -0.2) is 22.6 Å². The van der Waals surface area contributed by atoms with Gasteiger partial charge >= 0.3 is 5.97 Å². The molecule has 5 nitrogen and oxygen atoms in total. The van der Waals surface area contributed by atoms with Crippen LogP contribution in [0, 0.1) is 0 Å². The number of methoxy groups -OCH3 is 1. The van der Waals surface area contributed by atoms with Gasteiger partial charge in [0.25, 0.3) is 0 Å². The van der Waals surface area contributed by atoms with E-state index in [0.29, 0.717) is 22.2 Å². The van der Waals surface area contributed by atoms with Crippen molar-refractivity contribution in [1.29, 1.82) is 0 Å². The third-order valence-corrected chi connectivity index (χ3v) is 5.13. The van der Waals surface area contributed by atoms with E-state index in [1.807, 2.05) is 54.0 Å². The number of halogens is 2. The summed E-state index contributed by atoms with van der Waals surface area (Å²) in [6, 6.07) is 14.8. The zero-order valence-corrected chi connectivity index (χ0v) is 16.5. The van der Waals surface area contributed by atoms with E-state index < -0.39 is 5.97 Å². The van der Waals surface area contributed by atoms with Crippen LogP contribution in [-0.2, 0) is 4.74 Å². The summed E-state index contributed by atoms with van der Waals surface area (Å²) in [7, 11) is 1.32. The van der Waals surface area contributed by atoms with Gasteiger partial charge in [-0.05, 0) is 24.1 Å². The lowest BCUT2D eigenvalue weighted by molar-refractivity contribution is 0.0595. The average Bonchev–Trinajstić information content (AvgIpc) is 3.02. The van der Waals surface area contributed by atoms with Crippen LogP contribution < -0.4 is 5.73 Å². The van der Waals surface area contributed by atoms with Crippen molar-refractivity contribution >= 4 is 35.1 Å². The summed E-state index contributed by atoms with van der Waals surface area (Å²) < 4.78 is 6.76. The summed E-state index contributed by atoms with van der Waals surface area (Å²) in [6.07, 6.45) is 0.707. The van der Waals surface area contributed by atoms with E-state index in [2.05, 4.69) is 4.98 Å². The molecule has 27 heavy (non-hydrogen) atoms. The molecule has 140 valence electrons. The van der Waals surface area contributed by atoms with E-state index in [9.17, 15) is 4.79 Å². The molecule has 3 rings (SSSR count). The number of nitrogen functional groups attached to an aromatic ring is 1. The summed E-state index contributed by atoms with van der Waals surface area (Å²) >= 11 is 12.3. The number of esters is 1. The normalized spacial score (nSPS) is 12.0. The van der Waals surface area contributed by atoms with Crippen LogP contribution in [0.1, 0.15) is 35.4 Å². The predicted octanol–water partition coefficient (Wildman–Crippen LogP) is 5.23. The molecule has 0 amide bonds. The fourth-order valence-electron chi connectivity index (χ4n) is 3.16. The summed E-state index contributed by atoms with van der Waals surface area (Å²) in [5.41, 5.74) is 8.77. The number of carbonyl (C=O) groups is 1. The van der Waals surface area contributed by atoms with Crippen molar-refractivity contribution in [3.63, 3.8) is 0 Å². The molecular formula is C20H19Cl2N3O2.